The van der Waals surface area contributed by atoms with Crippen LogP contribution in [0.25, 0.3) is 16.8 Å². The van der Waals surface area contributed by atoms with E-state index in [0.717, 1.165) is 58.7 Å². The van der Waals surface area contributed by atoms with Gasteiger partial charge in [0.25, 0.3) is 0 Å². The van der Waals surface area contributed by atoms with Crippen molar-refractivity contribution in [3.05, 3.63) is 40.9 Å². The van der Waals surface area contributed by atoms with E-state index in [1.54, 1.807) is 0 Å². The molecule has 0 saturated carbocycles. The van der Waals surface area contributed by atoms with Gasteiger partial charge in [-0.3, -0.25) is 4.79 Å². The number of nitrogens with zero attached hydrogens (tertiary/aromatic N) is 3. The minimum atomic E-state index is -0.753. The van der Waals surface area contributed by atoms with Crippen molar-refractivity contribution < 1.29 is 14.4 Å². The summed E-state index contributed by atoms with van der Waals surface area (Å²) in [6, 6.07) is 6.10. The van der Waals surface area contributed by atoms with E-state index in [9.17, 15) is 4.79 Å². The van der Waals surface area contributed by atoms with Crippen LogP contribution in [0.5, 0.6) is 0 Å². The van der Waals surface area contributed by atoms with Crippen molar-refractivity contribution in [1.29, 1.82) is 0 Å². The molecule has 6 nitrogen and oxygen atoms in total. The number of aryl methyl sites for hydroxylation is 3. The summed E-state index contributed by atoms with van der Waals surface area (Å²) in [4.78, 5) is 10.7. The van der Waals surface area contributed by atoms with Crippen molar-refractivity contribution in [2.24, 2.45) is 0 Å². The molecule has 132 valence electrons. The molecular weight excluding hydrogens is 318 g/mol. The second kappa shape index (κ2) is 7.09. The predicted octanol–water partition coefficient (Wildman–Crippen LogP) is 3.97. The molecule has 0 aromatic carbocycles. The first-order valence-corrected chi connectivity index (χ1v) is 8.66. The molecule has 6 heteroatoms. The molecule has 0 saturated heterocycles. The smallest absolute Gasteiger partial charge is 0.303 e. The molecule has 0 atom stereocenters. The third kappa shape index (κ3) is 3.43. The number of unbranched alkanes of at least 4 members (excludes halogenated alkanes) is 1. The van der Waals surface area contributed by atoms with E-state index < -0.39 is 5.97 Å². The Morgan fingerprint density at radius 3 is 2.72 bits per heavy atom. The summed E-state index contributed by atoms with van der Waals surface area (Å²) >= 11 is 0. The lowest BCUT2D eigenvalue weighted by Gasteiger charge is -2.13. The molecule has 3 rings (SSSR count). The van der Waals surface area contributed by atoms with Crippen molar-refractivity contribution in [2.75, 3.05) is 0 Å². The average Bonchev–Trinajstić information content (AvgIpc) is 3.17. The Bertz CT molecular complexity index is 908. The summed E-state index contributed by atoms with van der Waals surface area (Å²) in [5, 5.41) is 17.8. The van der Waals surface area contributed by atoms with Gasteiger partial charge in [0.1, 0.15) is 11.5 Å². The minimum Gasteiger partial charge on any atom is -0.481 e. The Hall–Kier alpha value is -2.63. The van der Waals surface area contributed by atoms with Crippen LogP contribution in [0.15, 0.2) is 22.7 Å². The second-order valence-electron chi connectivity index (χ2n) is 6.34. The Labute approximate surface area is 146 Å². The van der Waals surface area contributed by atoms with Crippen molar-refractivity contribution in [1.82, 2.24) is 14.8 Å². The Morgan fingerprint density at radius 1 is 1.28 bits per heavy atom. The van der Waals surface area contributed by atoms with Crippen LogP contribution >= 0.6 is 0 Å². The van der Waals surface area contributed by atoms with E-state index in [2.05, 4.69) is 24.2 Å². The number of aromatic nitrogens is 3. The van der Waals surface area contributed by atoms with Crippen LogP contribution in [0.1, 0.15) is 48.9 Å². The Balaban J connectivity index is 2.07. The number of carbonyl (C=O) groups is 1. The van der Waals surface area contributed by atoms with Gasteiger partial charge in [0, 0.05) is 23.7 Å². The fraction of sp³-hybridized carbons (Fsp3) is 0.421. The first-order chi connectivity index (χ1) is 12.0. The molecule has 0 spiro atoms. The van der Waals surface area contributed by atoms with Crippen LogP contribution in [0.4, 0.5) is 0 Å². The summed E-state index contributed by atoms with van der Waals surface area (Å²) < 4.78 is 7.28. The summed E-state index contributed by atoms with van der Waals surface area (Å²) in [7, 11) is 0. The monoisotopic (exact) mass is 341 g/mol. The van der Waals surface area contributed by atoms with Crippen LogP contribution in [0.2, 0.25) is 0 Å². The van der Waals surface area contributed by atoms with E-state index in [0.29, 0.717) is 6.42 Å². The van der Waals surface area contributed by atoms with E-state index in [1.807, 2.05) is 24.4 Å². The lowest BCUT2D eigenvalue weighted by Crippen LogP contribution is -2.06. The average molecular weight is 341 g/mol. The highest BCUT2D eigenvalue weighted by atomic mass is 16.5. The largest absolute Gasteiger partial charge is 0.481 e. The van der Waals surface area contributed by atoms with Crippen LogP contribution in [-0.4, -0.2) is 25.8 Å². The minimum absolute atomic E-state index is 0.193. The summed E-state index contributed by atoms with van der Waals surface area (Å²) in [6.07, 6.45) is 3.32. The van der Waals surface area contributed by atoms with Gasteiger partial charge >= 0.3 is 5.97 Å². The molecule has 0 aliphatic rings. The number of carboxylic acid groups (broad SMARTS) is 1. The third-order valence-electron chi connectivity index (χ3n) is 4.49. The van der Waals surface area contributed by atoms with Crippen LogP contribution in [0.3, 0.4) is 0 Å². The van der Waals surface area contributed by atoms with E-state index in [1.165, 1.54) is 0 Å². The number of aliphatic carboxylic acids is 1. The van der Waals surface area contributed by atoms with Crippen molar-refractivity contribution in [3.63, 3.8) is 0 Å². The highest BCUT2D eigenvalue weighted by Gasteiger charge is 2.19. The first-order valence-electron chi connectivity index (χ1n) is 8.66. The molecule has 0 bridgehead atoms. The molecular formula is C19H23N3O3. The fourth-order valence-corrected chi connectivity index (χ4v) is 3.25. The maximum Gasteiger partial charge on any atom is 0.303 e. The van der Waals surface area contributed by atoms with Crippen LogP contribution in [-0.2, 0) is 17.6 Å². The zero-order chi connectivity index (χ0) is 18.0. The van der Waals surface area contributed by atoms with Crippen molar-refractivity contribution in [2.45, 2.75) is 52.9 Å². The van der Waals surface area contributed by atoms with Crippen LogP contribution in [0, 0.1) is 13.8 Å². The predicted molar refractivity (Wildman–Crippen MR) is 94.7 cm³/mol. The van der Waals surface area contributed by atoms with Crippen molar-refractivity contribution >= 4 is 11.5 Å². The second-order valence-corrected chi connectivity index (χ2v) is 6.34. The SMILES string of the molecule is CCc1ccc2c(-c3cc(C)on3)c(CCCCC(=O)O)c(C)nn12. The normalized spacial score (nSPS) is 11.3. The summed E-state index contributed by atoms with van der Waals surface area (Å²) in [5.74, 6) is 0.0125. The van der Waals surface area contributed by atoms with Crippen LogP contribution < -0.4 is 0 Å². The summed E-state index contributed by atoms with van der Waals surface area (Å²) in [5.41, 5.74) is 6.08. The molecule has 3 heterocycles. The first kappa shape index (κ1) is 17.2. The molecule has 3 aromatic heterocycles. The molecule has 0 amide bonds. The highest BCUT2D eigenvalue weighted by molar-refractivity contribution is 5.82. The van der Waals surface area contributed by atoms with E-state index in [4.69, 9.17) is 14.7 Å². The molecule has 0 aliphatic heterocycles. The highest BCUT2D eigenvalue weighted by Crippen LogP contribution is 2.32. The number of hydrogen-bond acceptors (Lipinski definition) is 4. The fourth-order valence-electron chi connectivity index (χ4n) is 3.25. The standard InChI is InChI=1S/C19H23N3O3/c1-4-14-9-10-17-19(16-11-12(2)25-21-16)15(13(3)20-22(14)17)7-5-6-8-18(23)24/h9-11H,4-8H2,1-3H3,(H,23,24). The molecule has 0 unspecified atom stereocenters. The maximum absolute atomic E-state index is 10.7. The summed E-state index contributed by atoms with van der Waals surface area (Å²) in [6.45, 7) is 5.99. The Kier molecular flexibility index (Phi) is 4.88. The van der Waals surface area contributed by atoms with Gasteiger partial charge in [-0.25, -0.2) is 4.52 Å². The number of fused-ring (bicyclic) bond motifs is 1. The third-order valence-corrected chi connectivity index (χ3v) is 4.49. The van der Waals surface area contributed by atoms with E-state index >= 15 is 0 Å². The van der Waals surface area contributed by atoms with Gasteiger partial charge in [0.05, 0.1) is 11.2 Å². The maximum atomic E-state index is 10.7. The number of hydrogen-bond donors (Lipinski definition) is 1. The molecule has 3 aromatic rings. The lowest BCUT2D eigenvalue weighted by molar-refractivity contribution is -0.137. The molecule has 0 radical (unpaired) electrons. The molecule has 0 fully saturated rings. The topological polar surface area (TPSA) is 80.6 Å². The molecule has 1 N–H and O–H groups in total. The molecule has 0 aliphatic carbocycles. The zero-order valence-corrected chi connectivity index (χ0v) is 14.9. The van der Waals surface area contributed by atoms with Gasteiger partial charge in [-0.15, -0.1) is 0 Å². The molecule has 25 heavy (non-hydrogen) atoms. The number of carboxylic acids is 1. The number of rotatable bonds is 7. The Morgan fingerprint density at radius 2 is 2.08 bits per heavy atom. The lowest BCUT2D eigenvalue weighted by atomic mass is 9.97. The van der Waals surface area contributed by atoms with Gasteiger partial charge in [-0.05, 0) is 57.2 Å². The van der Waals surface area contributed by atoms with Gasteiger partial charge in [0.15, 0.2) is 0 Å². The van der Waals surface area contributed by atoms with Gasteiger partial charge in [-0.2, -0.15) is 5.10 Å². The van der Waals surface area contributed by atoms with Gasteiger partial charge < -0.3 is 9.63 Å². The van der Waals surface area contributed by atoms with E-state index in [-0.39, 0.29) is 6.42 Å². The quantitative estimate of drug-likeness (QED) is 0.658. The van der Waals surface area contributed by atoms with Gasteiger partial charge in [-0.1, -0.05) is 12.1 Å². The van der Waals surface area contributed by atoms with Gasteiger partial charge in [0.2, 0.25) is 0 Å². The zero-order valence-electron chi connectivity index (χ0n) is 14.9. The van der Waals surface area contributed by atoms with Crippen molar-refractivity contribution in [3.8, 4) is 11.3 Å².